The summed E-state index contributed by atoms with van der Waals surface area (Å²) in [7, 11) is 0. The van der Waals surface area contributed by atoms with Crippen molar-refractivity contribution in [3.63, 3.8) is 0 Å². The Hall–Kier alpha value is -1.93. The average molecular weight is 302 g/mol. The zero-order valence-electron chi connectivity index (χ0n) is 12.2. The molecule has 2 nitrogen and oxygen atoms in total. The van der Waals surface area contributed by atoms with Gasteiger partial charge >= 0.3 is 0 Å². The summed E-state index contributed by atoms with van der Waals surface area (Å²) >= 11 is 6.20. The highest BCUT2D eigenvalue weighted by Gasteiger charge is 2.03. The lowest BCUT2D eigenvalue weighted by atomic mass is 10.1. The van der Waals surface area contributed by atoms with Gasteiger partial charge in [0.1, 0.15) is 12.4 Å². The third-order valence-corrected chi connectivity index (χ3v) is 3.51. The van der Waals surface area contributed by atoms with Crippen LogP contribution in [0.2, 0.25) is 5.02 Å². The van der Waals surface area contributed by atoms with Gasteiger partial charge in [-0.3, -0.25) is 0 Å². The molecule has 21 heavy (non-hydrogen) atoms. The predicted octanol–water partition coefficient (Wildman–Crippen LogP) is 5.08. The van der Waals surface area contributed by atoms with Gasteiger partial charge in [0.2, 0.25) is 0 Å². The molecule has 0 aliphatic carbocycles. The summed E-state index contributed by atoms with van der Waals surface area (Å²) in [5, 5.41) is 4.01. The van der Waals surface area contributed by atoms with Crippen molar-refractivity contribution < 1.29 is 4.74 Å². The van der Waals surface area contributed by atoms with Crippen LogP contribution in [-0.2, 0) is 13.0 Å². The summed E-state index contributed by atoms with van der Waals surface area (Å²) in [6.07, 6.45) is 2.76. The Morgan fingerprint density at radius 2 is 1.86 bits per heavy atom. The van der Waals surface area contributed by atoms with Crippen molar-refractivity contribution in [2.24, 2.45) is 0 Å². The van der Waals surface area contributed by atoms with Gasteiger partial charge in [-0.05, 0) is 41.8 Å². The molecule has 2 aromatic carbocycles. The quantitative estimate of drug-likeness (QED) is 0.720. The number of benzene rings is 2. The van der Waals surface area contributed by atoms with Gasteiger partial charge in [0.25, 0.3) is 0 Å². The van der Waals surface area contributed by atoms with Crippen molar-refractivity contribution >= 4 is 17.3 Å². The van der Waals surface area contributed by atoms with Gasteiger partial charge in [0.05, 0.1) is 5.02 Å². The molecule has 0 aliphatic heterocycles. The van der Waals surface area contributed by atoms with Crippen LogP contribution in [0.15, 0.2) is 55.1 Å². The van der Waals surface area contributed by atoms with Gasteiger partial charge in [-0.25, -0.2) is 0 Å². The molecular formula is C18H20ClNO. The van der Waals surface area contributed by atoms with Gasteiger partial charge in [-0.1, -0.05) is 49.4 Å². The summed E-state index contributed by atoms with van der Waals surface area (Å²) in [6, 6.07) is 14.3. The smallest absolute Gasteiger partial charge is 0.138 e. The standard InChI is InChI=1S/C18H20ClNO/c1-3-11-21-18-10-7-15(12-17(18)19)13-20-16-8-5-14(4-2)6-9-16/h3,5-10,12,20H,1,4,11,13H2,2H3. The number of hydrogen-bond acceptors (Lipinski definition) is 2. The Bertz CT molecular complexity index is 593. The first-order chi connectivity index (χ1) is 10.2. The molecule has 0 fully saturated rings. The largest absolute Gasteiger partial charge is 0.488 e. The minimum absolute atomic E-state index is 0.459. The zero-order chi connectivity index (χ0) is 15.1. The Kier molecular flexibility index (Phi) is 5.70. The molecule has 0 heterocycles. The first kappa shape index (κ1) is 15.5. The molecule has 0 bridgehead atoms. The molecule has 0 unspecified atom stereocenters. The van der Waals surface area contributed by atoms with Gasteiger partial charge in [-0.15, -0.1) is 0 Å². The third kappa shape index (κ3) is 4.54. The summed E-state index contributed by atoms with van der Waals surface area (Å²) in [6.45, 7) is 6.96. The number of nitrogens with one attached hydrogen (secondary N) is 1. The summed E-state index contributed by atoms with van der Waals surface area (Å²) < 4.78 is 5.46. The van der Waals surface area contributed by atoms with Crippen LogP contribution < -0.4 is 10.1 Å². The maximum atomic E-state index is 6.20. The fourth-order valence-electron chi connectivity index (χ4n) is 1.98. The maximum Gasteiger partial charge on any atom is 0.138 e. The van der Waals surface area contributed by atoms with E-state index in [0.717, 1.165) is 24.2 Å². The number of rotatable bonds is 7. The van der Waals surface area contributed by atoms with Gasteiger partial charge < -0.3 is 10.1 Å². The van der Waals surface area contributed by atoms with E-state index in [1.54, 1.807) is 6.08 Å². The van der Waals surface area contributed by atoms with Gasteiger partial charge in [0.15, 0.2) is 0 Å². The van der Waals surface area contributed by atoms with Crippen LogP contribution in [0.3, 0.4) is 0 Å². The van der Waals surface area contributed by atoms with E-state index in [0.29, 0.717) is 17.4 Å². The Balaban J connectivity index is 1.96. The predicted molar refractivity (Wildman–Crippen MR) is 90.3 cm³/mol. The second-order valence-electron chi connectivity index (χ2n) is 4.77. The fraction of sp³-hybridized carbons (Fsp3) is 0.222. The Morgan fingerprint density at radius 3 is 2.48 bits per heavy atom. The molecule has 2 aromatic rings. The molecule has 3 heteroatoms. The summed E-state index contributed by atoms with van der Waals surface area (Å²) in [5.41, 5.74) is 3.56. The van der Waals surface area contributed by atoms with Crippen LogP contribution in [-0.4, -0.2) is 6.61 Å². The molecule has 0 aliphatic rings. The van der Waals surface area contributed by atoms with Crippen LogP contribution in [0, 0.1) is 0 Å². The van der Waals surface area contributed by atoms with Gasteiger partial charge in [-0.2, -0.15) is 0 Å². The van der Waals surface area contributed by atoms with Gasteiger partial charge in [0, 0.05) is 12.2 Å². The van der Waals surface area contributed by atoms with Crippen molar-refractivity contribution in [1.82, 2.24) is 0 Å². The normalized spacial score (nSPS) is 10.2. The number of hydrogen-bond donors (Lipinski definition) is 1. The minimum atomic E-state index is 0.459. The van der Waals surface area contributed by atoms with E-state index in [9.17, 15) is 0 Å². The highest BCUT2D eigenvalue weighted by Crippen LogP contribution is 2.26. The van der Waals surface area contributed by atoms with E-state index >= 15 is 0 Å². The molecule has 0 aromatic heterocycles. The summed E-state index contributed by atoms with van der Waals surface area (Å²) in [5.74, 6) is 0.688. The maximum absolute atomic E-state index is 6.20. The molecule has 0 saturated carbocycles. The molecule has 1 N–H and O–H groups in total. The number of ether oxygens (including phenoxy) is 1. The van der Waals surface area contributed by atoms with Crippen LogP contribution in [0.4, 0.5) is 5.69 Å². The monoisotopic (exact) mass is 301 g/mol. The van der Waals surface area contributed by atoms with E-state index in [-0.39, 0.29) is 0 Å². The molecule has 0 atom stereocenters. The summed E-state index contributed by atoms with van der Waals surface area (Å²) in [4.78, 5) is 0. The molecule has 0 saturated heterocycles. The molecule has 0 radical (unpaired) electrons. The zero-order valence-corrected chi connectivity index (χ0v) is 13.0. The second-order valence-corrected chi connectivity index (χ2v) is 5.18. The van der Waals surface area contributed by atoms with Crippen molar-refractivity contribution in [3.8, 4) is 5.75 Å². The SMILES string of the molecule is C=CCOc1ccc(CNc2ccc(CC)cc2)cc1Cl. The first-order valence-electron chi connectivity index (χ1n) is 7.08. The first-order valence-corrected chi connectivity index (χ1v) is 7.45. The molecule has 110 valence electrons. The number of anilines is 1. The molecule has 2 rings (SSSR count). The van der Waals surface area contributed by atoms with E-state index in [1.807, 2.05) is 18.2 Å². The lowest BCUT2D eigenvalue weighted by molar-refractivity contribution is 0.363. The van der Waals surface area contributed by atoms with Crippen molar-refractivity contribution in [2.45, 2.75) is 19.9 Å². The third-order valence-electron chi connectivity index (χ3n) is 3.21. The second kappa shape index (κ2) is 7.75. The lowest BCUT2D eigenvalue weighted by Crippen LogP contribution is -2.00. The molecular weight excluding hydrogens is 282 g/mol. The number of aryl methyl sites for hydroxylation is 1. The Morgan fingerprint density at radius 1 is 1.14 bits per heavy atom. The molecule has 0 spiro atoms. The average Bonchev–Trinajstić information content (AvgIpc) is 2.52. The lowest BCUT2D eigenvalue weighted by Gasteiger charge is -2.10. The van der Waals surface area contributed by atoms with Crippen molar-refractivity contribution in [2.75, 3.05) is 11.9 Å². The highest BCUT2D eigenvalue weighted by atomic mass is 35.5. The number of halogens is 1. The highest BCUT2D eigenvalue weighted by molar-refractivity contribution is 6.32. The van der Waals surface area contributed by atoms with E-state index < -0.39 is 0 Å². The van der Waals surface area contributed by atoms with Crippen molar-refractivity contribution in [1.29, 1.82) is 0 Å². The van der Waals surface area contributed by atoms with E-state index in [2.05, 4.69) is 43.1 Å². The van der Waals surface area contributed by atoms with E-state index in [4.69, 9.17) is 16.3 Å². The topological polar surface area (TPSA) is 21.3 Å². The van der Waals surface area contributed by atoms with Crippen LogP contribution in [0.25, 0.3) is 0 Å². The fourth-order valence-corrected chi connectivity index (χ4v) is 2.24. The van der Waals surface area contributed by atoms with Crippen LogP contribution in [0.1, 0.15) is 18.1 Å². The van der Waals surface area contributed by atoms with Crippen molar-refractivity contribution in [3.05, 3.63) is 71.3 Å². The molecule has 0 amide bonds. The minimum Gasteiger partial charge on any atom is -0.488 e. The Labute approximate surface area is 131 Å². The van der Waals surface area contributed by atoms with E-state index in [1.165, 1.54) is 5.56 Å². The van der Waals surface area contributed by atoms with Crippen LogP contribution in [0.5, 0.6) is 5.75 Å². The van der Waals surface area contributed by atoms with Crippen LogP contribution >= 0.6 is 11.6 Å².